The van der Waals surface area contributed by atoms with Crippen molar-refractivity contribution >= 4 is 0 Å². The average Bonchev–Trinajstić information content (AvgIpc) is 2.74. The number of ether oxygens (including phenoxy) is 2. The molecule has 0 aliphatic rings. The SMILES string of the molecule is OCCOCC#C/C(Cc1ccccc1)=C(/COCCO)Cc1ccccc1. The maximum Gasteiger partial charge on any atom is 0.108 e. The summed E-state index contributed by atoms with van der Waals surface area (Å²) in [5.74, 6) is 6.31. The Balaban J connectivity index is 2.28. The van der Waals surface area contributed by atoms with E-state index in [0.717, 1.165) is 17.6 Å². The van der Waals surface area contributed by atoms with Crippen LogP contribution in [-0.4, -0.2) is 49.9 Å². The molecule has 0 radical (unpaired) electrons. The smallest absolute Gasteiger partial charge is 0.108 e. The Bertz CT molecular complexity index is 757. The fraction of sp³-hybridized carbons (Fsp3) is 0.333. The van der Waals surface area contributed by atoms with E-state index < -0.39 is 0 Å². The number of aliphatic hydroxyl groups is 2. The van der Waals surface area contributed by atoms with Crippen LogP contribution in [0.2, 0.25) is 0 Å². The molecule has 0 unspecified atom stereocenters. The normalized spacial score (nSPS) is 11.5. The van der Waals surface area contributed by atoms with E-state index in [2.05, 4.69) is 36.1 Å². The van der Waals surface area contributed by atoms with Crippen molar-refractivity contribution < 1.29 is 19.7 Å². The summed E-state index contributed by atoms with van der Waals surface area (Å²) in [5, 5.41) is 17.9. The highest BCUT2D eigenvalue weighted by Crippen LogP contribution is 2.17. The van der Waals surface area contributed by atoms with Crippen LogP contribution in [0.1, 0.15) is 11.1 Å². The van der Waals surface area contributed by atoms with Crippen LogP contribution in [0.25, 0.3) is 0 Å². The minimum atomic E-state index is -0.0113. The Labute approximate surface area is 167 Å². The van der Waals surface area contributed by atoms with Gasteiger partial charge in [0.1, 0.15) is 6.61 Å². The Morgan fingerprint density at radius 3 is 1.93 bits per heavy atom. The molecule has 0 saturated carbocycles. The van der Waals surface area contributed by atoms with E-state index in [1.54, 1.807) is 0 Å². The first-order chi connectivity index (χ1) is 13.8. The molecule has 0 fully saturated rings. The van der Waals surface area contributed by atoms with E-state index in [0.29, 0.717) is 19.6 Å². The molecule has 0 aliphatic heterocycles. The molecule has 2 aromatic carbocycles. The fourth-order valence-corrected chi connectivity index (χ4v) is 2.74. The van der Waals surface area contributed by atoms with Gasteiger partial charge in [-0.1, -0.05) is 72.5 Å². The predicted molar refractivity (Wildman–Crippen MR) is 111 cm³/mol. The second-order valence-corrected chi connectivity index (χ2v) is 6.26. The van der Waals surface area contributed by atoms with Crippen molar-refractivity contribution in [2.75, 3.05) is 39.6 Å². The van der Waals surface area contributed by atoms with Gasteiger partial charge in [0.05, 0.1) is 33.0 Å². The predicted octanol–water partition coefficient (Wildman–Crippen LogP) is 2.79. The molecular weight excluding hydrogens is 352 g/mol. The fourth-order valence-electron chi connectivity index (χ4n) is 2.74. The number of allylic oxidation sites excluding steroid dienone is 1. The van der Waals surface area contributed by atoms with Crippen molar-refractivity contribution in [3.63, 3.8) is 0 Å². The molecule has 0 amide bonds. The summed E-state index contributed by atoms with van der Waals surface area (Å²) in [5.41, 5.74) is 4.46. The molecule has 0 aliphatic carbocycles. The summed E-state index contributed by atoms with van der Waals surface area (Å²) in [6.45, 7) is 1.25. The van der Waals surface area contributed by atoms with Crippen molar-refractivity contribution in [3.8, 4) is 11.8 Å². The number of aliphatic hydroxyl groups excluding tert-OH is 2. The van der Waals surface area contributed by atoms with Gasteiger partial charge in [-0.15, -0.1) is 0 Å². The van der Waals surface area contributed by atoms with Crippen molar-refractivity contribution in [1.82, 2.24) is 0 Å². The molecule has 0 bridgehead atoms. The molecule has 0 heterocycles. The highest BCUT2D eigenvalue weighted by Gasteiger charge is 2.09. The highest BCUT2D eigenvalue weighted by molar-refractivity contribution is 5.40. The van der Waals surface area contributed by atoms with E-state index in [4.69, 9.17) is 19.7 Å². The molecular formula is C24H28O4. The maximum atomic E-state index is 9.06. The second-order valence-electron chi connectivity index (χ2n) is 6.26. The van der Waals surface area contributed by atoms with Crippen LogP contribution in [0, 0.1) is 11.8 Å². The van der Waals surface area contributed by atoms with E-state index in [1.807, 2.05) is 36.4 Å². The van der Waals surface area contributed by atoms with Gasteiger partial charge in [0.25, 0.3) is 0 Å². The molecule has 4 heteroatoms. The van der Waals surface area contributed by atoms with E-state index >= 15 is 0 Å². The van der Waals surface area contributed by atoms with Crippen LogP contribution in [0.15, 0.2) is 71.8 Å². The Kier molecular flexibility index (Phi) is 10.7. The van der Waals surface area contributed by atoms with Gasteiger partial charge in [-0.2, -0.15) is 0 Å². The average molecular weight is 380 g/mol. The zero-order valence-corrected chi connectivity index (χ0v) is 16.1. The summed E-state index contributed by atoms with van der Waals surface area (Å²) in [6, 6.07) is 20.4. The molecule has 28 heavy (non-hydrogen) atoms. The van der Waals surface area contributed by atoms with Gasteiger partial charge in [-0.25, -0.2) is 0 Å². The first-order valence-corrected chi connectivity index (χ1v) is 9.48. The van der Waals surface area contributed by atoms with Crippen LogP contribution in [0.3, 0.4) is 0 Å². The lowest BCUT2D eigenvalue weighted by Gasteiger charge is -2.13. The van der Waals surface area contributed by atoms with Crippen molar-refractivity contribution in [1.29, 1.82) is 0 Å². The van der Waals surface area contributed by atoms with Gasteiger partial charge in [0.15, 0.2) is 0 Å². The first-order valence-electron chi connectivity index (χ1n) is 9.48. The Morgan fingerprint density at radius 2 is 1.32 bits per heavy atom. The zero-order valence-electron chi connectivity index (χ0n) is 16.1. The Morgan fingerprint density at radius 1 is 0.750 bits per heavy atom. The van der Waals surface area contributed by atoms with Crippen molar-refractivity contribution in [2.45, 2.75) is 12.8 Å². The number of rotatable bonds is 11. The lowest BCUT2D eigenvalue weighted by atomic mass is 9.96. The Hall–Kier alpha value is -2.42. The quantitative estimate of drug-likeness (QED) is 0.465. The van der Waals surface area contributed by atoms with Gasteiger partial charge in [-0.3, -0.25) is 0 Å². The van der Waals surface area contributed by atoms with Crippen LogP contribution < -0.4 is 0 Å². The van der Waals surface area contributed by atoms with Crippen LogP contribution in [-0.2, 0) is 22.3 Å². The highest BCUT2D eigenvalue weighted by atomic mass is 16.5. The second kappa shape index (κ2) is 13.7. The van der Waals surface area contributed by atoms with Crippen LogP contribution in [0.4, 0.5) is 0 Å². The third kappa shape index (κ3) is 8.51. The maximum absolute atomic E-state index is 9.06. The molecule has 0 saturated heterocycles. The molecule has 2 rings (SSSR count). The van der Waals surface area contributed by atoms with Gasteiger partial charge in [0.2, 0.25) is 0 Å². The van der Waals surface area contributed by atoms with E-state index in [9.17, 15) is 0 Å². The molecule has 0 spiro atoms. The number of benzene rings is 2. The van der Waals surface area contributed by atoms with Crippen LogP contribution in [0.5, 0.6) is 0 Å². The van der Waals surface area contributed by atoms with Crippen LogP contribution >= 0.6 is 0 Å². The minimum Gasteiger partial charge on any atom is -0.394 e. The van der Waals surface area contributed by atoms with Crippen molar-refractivity contribution in [3.05, 3.63) is 82.9 Å². The van der Waals surface area contributed by atoms with Gasteiger partial charge >= 0.3 is 0 Å². The molecule has 148 valence electrons. The third-order valence-electron chi connectivity index (χ3n) is 4.07. The summed E-state index contributed by atoms with van der Waals surface area (Å²) >= 11 is 0. The van der Waals surface area contributed by atoms with Gasteiger partial charge < -0.3 is 19.7 Å². The third-order valence-corrected chi connectivity index (χ3v) is 4.07. The first kappa shape index (κ1) is 21.9. The topological polar surface area (TPSA) is 58.9 Å². The lowest BCUT2D eigenvalue weighted by molar-refractivity contribution is 0.106. The molecule has 2 aromatic rings. The van der Waals surface area contributed by atoms with E-state index in [-0.39, 0.29) is 26.4 Å². The largest absolute Gasteiger partial charge is 0.394 e. The molecule has 4 nitrogen and oxygen atoms in total. The monoisotopic (exact) mass is 380 g/mol. The lowest BCUT2D eigenvalue weighted by Crippen LogP contribution is -2.09. The molecule has 0 aromatic heterocycles. The number of hydrogen-bond donors (Lipinski definition) is 2. The minimum absolute atomic E-state index is 0.00663. The standard InChI is InChI=1S/C24H28O4/c25-13-16-27-15-7-12-23(18-21-8-3-1-4-9-21)24(20-28-17-14-26)19-22-10-5-2-6-11-22/h1-6,8-11,25-26H,13-20H2/b24-23-. The van der Waals surface area contributed by atoms with Crippen molar-refractivity contribution in [2.24, 2.45) is 0 Å². The van der Waals surface area contributed by atoms with E-state index in [1.165, 1.54) is 11.1 Å². The number of hydrogen-bond acceptors (Lipinski definition) is 4. The summed E-state index contributed by atoms with van der Waals surface area (Å²) < 4.78 is 10.9. The summed E-state index contributed by atoms with van der Waals surface area (Å²) in [7, 11) is 0. The summed E-state index contributed by atoms with van der Waals surface area (Å²) in [6.07, 6.45) is 1.44. The van der Waals surface area contributed by atoms with Gasteiger partial charge in [-0.05, 0) is 23.1 Å². The van der Waals surface area contributed by atoms with Gasteiger partial charge in [0, 0.05) is 12.0 Å². The summed E-state index contributed by atoms with van der Waals surface area (Å²) in [4.78, 5) is 0. The molecule has 2 N–H and O–H groups in total. The zero-order chi connectivity index (χ0) is 19.9. The molecule has 0 atom stereocenters.